The lowest BCUT2D eigenvalue weighted by molar-refractivity contribution is -0.149. The molecule has 2 heterocycles. The van der Waals surface area contributed by atoms with Crippen LogP contribution in [0.5, 0.6) is 0 Å². The smallest absolute Gasteiger partial charge is 0.330 e. The quantitative estimate of drug-likeness (QED) is 0.800. The van der Waals surface area contributed by atoms with Crippen molar-refractivity contribution < 1.29 is 18.8 Å². The number of hydrogen-bond donors (Lipinski definition) is 1. The second kappa shape index (κ2) is 6.04. The molecule has 0 radical (unpaired) electrons. The lowest BCUT2D eigenvalue weighted by atomic mass is 10.1. The van der Waals surface area contributed by atoms with Gasteiger partial charge in [0.05, 0.1) is 12.3 Å². The minimum Gasteiger partial charge on any atom is -0.464 e. The van der Waals surface area contributed by atoms with Gasteiger partial charge in [-0.15, -0.1) is 0 Å². The van der Waals surface area contributed by atoms with Crippen molar-refractivity contribution in [1.82, 2.24) is 15.4 Å². The first-order chi connectivity index (χ1) is 9.56. The van der Waals surface area contributed by atoms with Crippen molar-refractivity contribution in [1.29, 1.82) is 0 Å². The topological polar surface area (TPSA) is 84.7 Å². The van der Waals surface area contributed by atoms with Crippen molar-refractivity contribution in [3.8, 4) is 0 Å². The van der Waals surface area contributed by atoms with Crippen LogP contribution in [0.2, 0.25) is 0 Å². The van der Waals surface area contributed by atoms with Crippen LogP contribution in [0.25, 0.3) is 0 Å². The second-order valence-corrected chi connectivity index (χ2v) is 4.67. The number of nitrogens with one attached hydrogen (secondary N) is 1. The average molecular weight is 281 g/mol. The van der Waals surface area contributed by atoms with Gasteiger partial charge in [0, 0.05) is 19.6 Å². The lowest BCUT2D eigenvalue weighted by Gasteiger charge is -2.34. The molecule has 2 rings (SSSR count). The van der Waals surface area contributed by atoms with E-state index in [2.05, 4.69) is 10.5 Å². The molecule has 0 aromatic carbocycles. The predicted octanol–water partition coefficient (Wildman–Crippen LogP) is 0.269. The summed E-state index contributed by atoms with van der Waals surface area (Å²) >= 11 is 0. The fraction of sp³-hybridized carbons (Fsp3) is 0.615. The van der Waals surface area contributed by atoms with Crippen molar-refractivity contribution in [3.05, 3.63) is 17.0 Å². The SMILES string of the molecule is CCOC(=O)C1CNCCN1C(=O)c1c(C)noc1C. The van der Waals surface area contributed by atoms with Crippen molar-refractivity contribution in [2.75, 3.05) is 26.2 Å². The van der Waals surface area contributed by atoms with E-state index in [0.29, 0.717) is 43.3 Å². The minimum atomic E-state index is -0.607. The first kappa shape index (κ1) is 14.5. The van der Waals surface area contributed by atoms with Gasteiger partial charge >= 0.3 is 5.97 Å². The number of piperazine rings is 1. The standard InChI is InChI=1S/C13H19N3O4/c1-4-19-13(18)10-7-14-5-6-16(10)12(17)11-8(2)15-20-9(11)3/h10,14H,4-7H2,1-3H3. The molecule has 1 aromatic heterocycles. The summed E-state index contributed by atoms with van der Waals surface area (Å²) in [6.07, 6.45) is 0. The maximum absolute atomic E-state index is 12.6. The lowest BCUT2D eigenvalue weighted by Crippen LogP contribution is -2.57. The summed E-state index contributed by atoms with van der Waals surface area (Å²) in [4.78, 5) is 26.1. The van der Waals surface area contributed by atoms with Gasteiger partial charge in [0.1, 0.15) is 17.4 Å². The number of carbonyl (C=O) groups is 2. The monoisotopic (exact) mass is 281 g/mol. The Labute approximate surface area is 117 Å². The van der Waals surface area contributed by atoms with Gasteiger partial charge in [0.15, 0.2) is 0 Å². The Kier molecular flexibility index (Phi) is 4.39. The summed E-state index contributed by atoms with van der Waals surface area (Å²) in [6.45, 7) is 6.93. The fourth-order valence-electron chi connectivity index (χ4n) is 2.33. The molecule has 1 aliphatic rings. The Balaban J connectivity index is 2.24. The molecule has 7 heteroatoms. The third-order valence-electron chi connectivity index (χ3n) is 3.31. The van der Waals surface area contributed by atoms with E-state index >= 15 is 0 Å². The molecule has 1 unspecified atom stereocenters. The molecule has 0 saturated carbocycles. The summed E-state index contributed by atoms with van der Waals surface area (Å²) in [5, 5.41) is 6.88. The van der Waals surface area contributed by atoms with E-state index in [9.17, 15) is 9.59 Å². The van der Waals surface area contributed by atoms with Crippen molar-refractivity contribution in [2.24, 2.45) is 0 Å². The highest BCUT2D eigenvalue weighted by Crippen LogP contribution is 2.18. The zero-order chi connectivity index (χ0) is 14.7. The summed E-state index contributed by atoms with van der Waals surface area (Å²) in [6, 6.07) is -0.607. The number of ether oxygens (including phenoxy) is 1. The van der Waals surface area contributed by atoms with Crippen molar-refractivity contribution in [2.45, 2.75) is 26.8 Å². The molecule has 1 amide bonds. The third-order valence-corrected chi connectivity index (χ3v) is 3.31. The molecule has 1 aromatic rings. The summed E-state index contributed by atoms with van der Waals surface area (Å²) < 4.78 is 10.0. The molecule has 0 bridgehead atoms. The van der Waals surface area contributed by atoms with Crippen LogP contribution in [-0.2, 0) is 9.53 Å². The Morgan fingerprint density at radius 2 is 2.25 bits per heavy atom. The second-order valence-electron chi connectivity index (χ2n) is 4.67. The van der Waals surface area contributed by atoms with Crippen LogP contribution in [0.3, 0.4) is 0 Å². The number of rotatable bonds is 3. The molecule has 1 N–H and O–H groups in total. The van der Waals surface area contributed by atoms with Gasteiger partial charge in [0.25, 0.3) is 5.91 Å². The van der Waals surface area contributed by atoms with Crippen LogP contribution < -0.4 is 5.32 Å². The molecule has 1 atom stereocenters. The fourth-order valence-corrected chi connectivity index (χ4v) is 2.33. The van der Waals surface area contributed by atoms with Crippen LogP contribution in [-0.4, -0.2) is 54.2 Å². The molecule has 1 fully saturated rings. The van der Waals surface area contributed by atoms with Crippen molar-refractivity contribution >= 4 is 11.9 Å². The maximum atomic E-state index is 12.6. The molecule has 1 aliphatic heterocycles. The van der Waals surface area contributed by atoms with Crippen LogP contribution >= 0.6 is 0 Å². The van der Waals surface area contributed by atoms with E-state index in [1.165, 1.54) is 4.90 Å². The van der Waals surface area contributed by atoms with Crippen molar-refractivity contribution in [3.63, 3.8) is 0 Å². The zero-order valence-corrected chi connectivity index (χ0v) is 11.9. The third kappa shape index (κ3) is 2.67. The van der Waals surface area contributed by atoms with E-state index in [-0.39, 0.29) is 11.9 Å². The minimum absolute atomic E-state index is 0.235. The van der Waals surface area contributed by atoms with Crippen LogP contribution in [0.15, 0.2) is 4.52 Å². The van der Waals surface area contributed by atoms with Crippen LogP contribution in [0.1, 0.15) is 28.7 Å². The van der Waals surface area contributed by atoms with Gasteiger partial charge in [-0.05, 0) is 20.8 Å². The Hall–Kier alpha value is -1.89. The van der Waals surface area contributed by atoms with Gasteiger partial charge in [0.2, 0.25) is 0 Å². The first-order valence-electron chi connectivity index (χ1n) is 6.67. The average Bonchev–Trinajstić information content (AvgIpc) is 2.78. The summed E-state index contributed by atoms with van der Waals surface area (Å²) in [7, 11) is 0. The normalized spacial score (nSPS) is 18.9. The maximum Gasteiger partial charge on any atom is 0.330 e. The van der Waals surface area contributed by atoms with Gasteiger partial charge in [-0.2, -0.15) is 0 Å². The molecule has 110 valence electrons. The number of aryl methyl sites for hydroxylation is 2. The van der Waals surface area contributed by atoms with E-state index in [0.717, 1.165) is 0 Å². The highest BCUT2D eigenvalue weighted by atomic mass is 16.5. The highest BCUT2D eigenvalue weighted by molar-refractivity contribution is 5.98. The van der Waals surface area contributed by atoms with E-state index in [4.69, 9.17) is 9.26 Å². The zero-order valence-electron chi connectivity index (χ0n) is 11.9. The summed E-state index contributed by atoms with van der Waals surface area (Å²) in [5.41, 5.74) is 0.967. The summed E-state index contributed by atoms with van der Waals surface area (Å²) in [5.74, 6) is -0.158. The molecule has 0 spiro atoms. The molecule has 0 aliphatic carbocycles. The molecular weight excluding hydrogens is 262 g/mol. The number of nitrogens with zero attached hydrogens (tertiary/aromatic N) is 2. The van der Waals surface area contributed by atoms with Gasteiger partial charge < -0.3 is 19.5 Å². The number of hydrogen-bond acceptors (Lipinski definition) is 6. The van der Waals surface area contributed by atoms with E-state index < -0.39 is 6.04 Å². The molecule has 1 saturated heterocycles. The molecular formula is C13H19N3O4. The number of carbonyl (C=O) groups excluding carboxylic acids is 2. The number of esters is 1. The Morgan fingerprint density at radius 3 is 2.85 bits per heavy atom. The Morgan fingerprint density at radius 1 is 1.50 bits per heavy atom. The van der Waals surface area contributed by atoms with E-state index in [1.54, 1.807) is 20.8 Å². The van der Waals surface area contributed by atoms with Gasteiger partial charge in [-0.1, -0.05) is 5.16 Å². The van der Waals surface area contributed by atoms with E-state index in [1.807, 2.05) is 0 Å². The van der Waals surface area contributed by atoms with Gasteiger partial charge in [-0.25, -0.2) is 4.79 Å². The molecule has 20 heavy (non-hydrogen) atoms. The predicted molar refractivity (Wildman–Crippen MR) is 70.3 cm³/mol. The Bertz CT molecular complexity index is 492. The van der Waals surface area contributed by atoms with Crippen LogP contribution in [0, 0.1) is 13.8 Å². The van der Waals surface area contributed by atoms with Gasteiger partial charge in [-0.3, -0.25) is 4.79 Å². The largest absolute Gasteiger partial charge is 0.464 e. The number of amides is 1. The molecule has 7 nitrogen and oxygen atoms in total. The van der Waals surface area contributed by atoms with Crippen LogP contribution in [0.4, 0.5) is 0 Å². The number of aromatic nitrogens is 1. The highest BCUT2D eigenvalue weighted by Gasteiger charge is 2.35. The first-order valence-corrected chi connectivity index (χ1v) is 6.67.